The molecule has 0 saturated heterocycles. The molecule has 0 unspecified atom stereocenters. The van der Waals surface area contributed by atoms with Crippen LogP contribution in [0.25, 0.3) is 0 Å². The highest BCUT2D eigenvalue weighted by atomic mass is 79.9. The predicted molar refractivity (Wildman–Crippen MR) is 71.3 cm³/mol. The Hall–Kier alpha value is -0.640. The molecule has 1 aromatic heterocycles. The van der Waals surface area contributed by atoms with Crippen LogP contribution < -0.4 is 4.74 Å². The van der Waals surface area contributed by atoms with E-state index in [4.69, 9.17) is 4.74 Å². The monoisotopic (exact) mass is 298 g/mol. The average Bonchev–Trinajstić information content (AvgIpc) is 2.99. The Morgan fingerprint density at radius 3 is 2.65 bits per heavy atom. The van der Waals surface area contributed by atoms with E-state index in [2.05, 4.69) is 46.7 Å². The Balaban J connectivity index is 2.02. The first-order chi connectivity index (χ1) is 7.95. The molecule has 0 amide bonds. The zero-order valence-corrected chi connectivity index (χ0v) is 12.2. The van der Waals surface area contributed by atoms with Crippen molar-refractivity contribution in [2.75, 3.05) is 6.61 Å². The van der Waals surface area contributed by atoms with Crippen LogP contribution in [0, 0.1) is 5.92 Å². The third-order valence-electron chi connectivity index (χ3n) is 2.82. The predicted octanol–water partition coefficient (Wildman–Crippen LogP) is 3.72. The molecule has 0 aromatic carbocycles. The first kappa shape index (κ1) is 12.8. The van der Waals surface area contributed by atoms with Crippen LogP contribution in [0.15, 0.2) is 10.7 Å². The highest BCUT2D eigenvalue weighted by molar-refractivity contribution is 9.10. The van der Waals surface area contributed by atoms with Crippen LogP contribution in [0.2, 0.25) is 0 Å². The summed E-state index contributed by atoms with van der Waals surface area (Å²) < 4.78 is 6.48. The molecule has 0 spiro atoms. The van der Waals surface area contributed by atoms with Crippen LogP contribution in [0.1, 0.15) is 45.9 Å². The Morgan fingerprint density at radius 1 is 1.35 bits per heavy atom. The van der Waals surface area contributed by atoms with Crippen molar-refractivity contribution in [1.82, 2.24) is 9.97 Å². The van der Waals surface area contributed by atoms with E-state index >= 15 is 0 Å². The number of nitrogens with zero attached hydrogens (tertiary/aromatic N) is 2. The molecule has 1 aromatic rings. The summed E-state index contributed by atoms with van der Waals surface area (Å²) in [5, 5.41) is 0. The molecule has 0 radical (unpaired) electrons. The Kier molecular flexibility index (Phi) is 3.71. The first-order valence-corrected chi connectivity index (χ1v) is 6.92. The maximum Gasteiger partial charge on any atom is 0.217 e. The van der Waals surface area contributed by atoms with Crippen molar-refractivity contribution in [3.05, 3.63) is 16.5 Å². The quantitative estimate of drug-likeness (QED) is 0.795. The number of ether oxygens (including phenoxy) is 1. The van der Waals surface area contributed by atoms with E-state index in [1.54, 1.807) is 0 Å². The molecule has 4 heteroatoms. The van der Waals surface area contributed by atoms with Gasteiger partial charge in [-0.05, 0) is 28.3 Å². The lowest BCUT2D eigenvalue weighted by Gasteiger charge is -2.17. The van der Waals surface area contributed by atoms with Crippen molar-refractivity contribution in [2.45, 2.75) is 45.4 Å². The minimum Gasteiger partial charge on any atom is -0.478 e. The highest BCUT2D eigenvalue weighted by Gasteiger charge is 2.22. The van der Waals surface area contributed by atoms with Gasteiger partial charge in [-0.1, -0.05) is 33.6 Å². The van der Waals surface area contributed by atoms with Gasteiger partial charge in [0.15, 0.2) is 0 Å². The summed E-state index contributed by atoms with van der Waals surface area (Å²) >= 11 is 3.41. The fourth-order valence-corrected chi connectivity index (χ4v) is 1.91. The molecule has 1 fully saturated rings. The van der Waals surface area contributed by atoms with Crippen molar-refractivity contribution in [3.63, 3.8) is 0 Å². The van der Waals surface area contributed by atoms with E-state index in [0.717, 1.165) is 29.4 Å². The smallest absolute Gasteiger partial charge is 0.217 e. The second kappa shape index (κ2) is 4.92. The van der Waals surface area contributed by atoms with Crippen LogP contribution >= 0.6 is 15.9 Å². The second-order valence-corrected chi connectivity index (χ2v) is 6.50. The second-order valence-electron chi connectivity index (χ2n) is 5.68. The minimum atomic E-state index is -0.0572. The molecule has 1 heterocycles. The van der Waals surface area contributed by atoms with Gasteiger partial charge in [0.2, 0.25) is 5.88 Å². The van der Waals surface area contributed by atoms with E-state index in [-0.39, 0.29) is 5.41 Å². The van der Waals surface area contributed by atoms with Gasteiger partial charge in [0, 0.05) is 11.5 Å². The van der Waals surface area contributed by atoms with E-state index < -0.39 is 0 Å². The average molecular weight is 299 g/mol. The lowest BCUT2D eigenvalue weighted by Crippen LogP contribution is -2.17. The normalized spacial score (nSPS) is 16.0. The summed E-state index contributed by atoms with van der Waals surface area (Å²) in [5.74, 6) is 2.38. The molecule has 1 aliphatic carbocycles. The number of aromatic nitrogens is 2. The standard InChI is InChI=1S/C13H19BrN2O/c1-13(2,3)12-15-10(14)8-11(16-12)17-7-6-9-4-5-9/h8-9H,4-7H2,1-3H3. The molecular weight excluding hydrogens is 280 g/mol. The third-order valence-corrected chi connectivity index (χ3v) is 3.22. The molecule has 1 saturated carbocycles. The minimum absolute atomic E-state index is 0.0572. The Bertz CT molecular complexity index is 397. The summed E-state index contributed by atoms with van der Waals surface area (Å²) in [4.78, 5) is 8.84. The lowest BCUT2D eigenvalue weighted by atomic mass is 9.96. The largest absolute Gasteiger partial charge is 0.478 e. The first-order valence-electron chi connectivity index (χ1n) is 6.13. The summed E-state index contributed by atoms with van der Waals surface area (Å²) in [6.07, 6.45) is 3.88. The molecular formula is C13H19BrN2O. The summed E-state index contributed by atoms with van der Waals surface area (Å²) in [6, 6.07) is 1.84. The van der Waals surface area contributed by atoms with Crippen LogP contribution in [0.5, 0.6) is 5.88 Å². The van der Waals surface area contributed by atoms with Gasteiger partial charge in [-0.3, -0.25) is 0 Å². The van der Waals surface area contributed by atoms with Gasteiger partial charge >= 0.3 is 0 Å². The lowest BCUT2D eigenvalue weighted by molar-refractivity contribution is 0.287. The molecule has 2 rings (SSSR count). The fourth-order valence-electron chi connectivity index (χ4n) is 1.54. The number of halogens is 1. The van der Waals surface area contributed by atoms with E-state index in [9.17, 15) is 0 Å². The molecule has 1 aliphatic rings. The Morgan fingerprint density at radius 2 is 2.06 bits per heavy atom. The van der Waals surface area contributed by atoms with E-state index in [1.807, 2.05) is 6.07 Å². The molecule has 3 nitrogen and oxygen atoms in total. The van der Waals surface area contributed by atoms with Crippen LogP contribution in [-0.2, 0) is 5.41 Å². The zero-order valence-electron chi connectivity index (χ0n) is 10.7. The summed E-state index contributed by atoms with van der Waals surface area (Å²) in [6.45, 7) is 7.06. The van der Waals surface area contributed by atoms with Gasteiger partial charge in [0.25, 0.3) is 0 Å². The van der Waals surface area contributed by atoms with Crippen molar-refractivity contribution >= 4 is 15.9 Å². The molecule has 0 atom stereocenters. The van der Waals surface area contributed by atoms with E-state index in [1.165, 1.54) is 12.8 Å². The maximum absolute atomic E-state index is 5.69. The topological polar surface area (TPSA) is 35.0 Å². The van der Waals surface area contributed by atoms with Gasteiger partial charge in [0.05, 0.1) is 6.61 Å². The fraction of sp³-hybridized carbons (Fsp3) is 0.692. The SMILES string of the molecule is CC(C)(C)c1nc(Br)cc(OCCC2CC2)n1. The van der Waals surface area contributed by atoms with Gasteiger partial charge in [-0.25, -0.2) is 4.98 Å². The van der Waals surface area contributed by atoms with E-state index in [0.29, 0.717) is 5.88 Å². The van der Waals surface area contributed by atoms with Crippen molar-refractivity contribution in [2.24, 2.45) is 5.92 Å². The highest BCUT2D eigenvalue weighted by Crippen LogP contribution is 2.32. The number of hydrogen-bond acceptors (Lipinski definition) is 3. The zero-order chi connectivity index (χ0) is 12.5. The van der Waals surface area contributed by atoms with Gasteiger partial charge in [-0.15, -0.1) is 0 Å². The molecule has 0 bridgehead atoms. The van der Waals surface area contributed by atoms with Crippen LogP contribution in [0.4, 0.5) is 0 Å². The van der Waals surface area contributed by atoms with Gasteiger partial charge in [0.1, 0.15) is 10.4 Å². The molecule has 17 heavy (non-hydrogen) atoms. The summed E-state index contributed by atoms with van der Waals surface area (Å²) in [5.41, 5.74) is -0.0572. The molecule has 0 N–H and O–H groups in total. The maximum atomic E-state index is 5.69. The number of rotatable bonds is 4. The van der Waals surface area contributed by atoms with Crippen LogP contribution in [-0.4, -0.2) is 16.6 Å². The van der Waals surface area contributed by atoms with Crippen molar-refractivity contribution < 1.29 is 4.74 Å². The Labute approximate surface area is 111 Å². The number of hydrogen-bond donors (Lipinski definition) is 0. The third kappa shape index (κ3) is 3.95. The van der Waals surface area contributed by atoms with Crippen molar-refractivity contribution in [3.8, 4) is 5.88 Å². The molecule has 0 aliphatic heterocycles. The summed E-state index contributed by atoms with van der Waals surface area (Å²) in [7, 11) is 0. The van der Waals surface area contributed by atoms with Gasteiger partial charge < -0.3 is 4.74 Å². The van der Waals surface area contributed by atoms with Crippen LogP contribution in [0.3, 0.4) is 0 Å². The molecule has 94 valence electrons. The van der Waals surface area contributed by atoms with Crippen molar-refractivity contribution in [1.29, 1.82) is 0 Å². The van der Waals surface area contributed by atoms with Gasteiger partial charge in [-0.2, -0.15) is 4.98 Å².